The standard InChI is InChI=1S/C10H11F3N2O/c1-6-3-2-4-7(9(14)15)8(6)16-5-10(11,12)13/h2-4H,5H2,1H3,(H3,14,15). The maximum absolute atomic E-state index is 12.0. The van der Waals surface area contributed by atoms with Gasteiger partial charge in [0.05, 0.1) is 5.56 Å². The van der Waals surface area contributed by atoms with Crippen LogP contribution in [0.25, 0.3) is 0 Å². The van der Waals surface area contributed by atoms with Gasteiger partial charge in [0.25, 0.3) is 0 Å². The van der Waals surface area contributed by atoms with Crippen molar-refractivity contribution in [3.63, 3.8) is 0 Å². The van der Waals surface area contributed by atoms with Crippen LogP contribution < -0.4 is 10.5 Å². The molecule has 0 fully saturated rings. The minimum absolute atomic E-state index is 0.00678. The first-order valence-electron chi connectivity index (χ1n) is 4.45. The highest BCUT2D eigenvalue weighted by Crippen LogP contribution is 2.25. The summed E-state index contributed by atoms with van der Waals surface area (Å²) in [4.78, 5) is 0. The summed E-state index contributed by atoms with van der Waals surface area (Å²) in [7, 11) is 0. The van der Waals surface area contributed by atoms with E-state index in [2.05, 4.69) is 4.74 Å². The van der Waals surface area contributed by atoms with E-state index in [4.69, 9.17) is 11.1 Å². The van der Waals surface area contributed by atoms with Gasteiger partial charge in [0.2, 0.25) is 0 Å². The number of nitrogen functional groups attached to an aromatic ring is 1. The smallest absolute Gasteiger partial charge is 0.422 e. The molecule has 0 atom stereocenters. The lowest BCUT2D eigenvalue weighted by Gasteiger charge is -2.14. The summed E-state index contributed by atoms with van der Waals surface area (Å²) < 4.78 is 40.6. The van der Waals surface area contributed by atoms with E-state index < -0.39 is 12.8 Å². The molecule has 0 aliphatic carbocycles. The van der Waals surface area contributed by atoms with Crippen molar-refractivity contribution in [1.29, 1.82) is 5.41 Å². The molecule has 0 unspecified atom stereocenters. The number of hydrogen-bond donors (Lipinski definition) is 2. The Morgan fingerprint density at radius 1 is 1.44 bits per heavy atom. The van der Waals surface area contributed by atoms with Crippen molar-refractivity contribution in [2.45, 2.75) is 13.1 Å². The fourth-order valence-electron chi connectivity index (χ4n) is 1.21. The molecule has 0 aliphatic heterocycles. The molecule has 6 heteroatoms. The van der Waals surface area contributed by atoms with Gasteiger partial charge in [-0.1, -0.05) is 12.1 Å². The van der Waals surface area contributed by atoms with Gasteiger partial charge in [-0.05, 0) is 18.6 Å². The molecule has 0 aliphatic rings. The molecular weight excluding hydrogens is 221 g/mol. The highest BCUT2D eigenvalue weighted by Gasteiger charge is 2.29. The monoisotopic (exact) mass is 232 g/mol. The molecule has 3 N–H and O–H groups in total. The normalized spacial score (nSPS) is 11.2. The van der Waals surface area contributed by atoms with Crippen LogP contribution in [0.15, 0.2) is 18.2 Å². The first-order chi connectivity index (χ1) is 7.31. The van der Waals surface area contributed by atoms with Crippen molar-refractivity contribution in [2.24, 2.45) is 5.73 Å². The average molecular weight is 232 g/mol. The van der Waals surface area contributed by atoms with Crippen LogP contribution in [0.2, 0.25) is 0 Å². The topological polar surface area (TPSA) is 59.1 Å². The third-order valence-corrected chi connectivity index (χ3v) is 1.88. The molecule has 16 heavy (non-hydrogen) atoms. The van der Waals surface area contributed by atoms with Gasteiger partial charge in [-0.15, -0.1) is 0 Å². The lowest BCUT2D eigenvalue weighted by atomic mass is 10.1. The van der Waals surface area contributed by atoms with Gasteiger partial charge in [0.1, 0.15) is 11.6 Å². The maximum Gasteiger partial charge on any atom is 0.422 e. The molecule has 0 heterocycles. The van der Waals surface area contributed by atoms with E-state index in [1.807, 2.05) is 0 Å². The zero-order valence-corrected chi connectivity index (χ0v) is 8.56. The molecule has 0 saturated heterocycles. The fourth-order valence-corrected chi connectivity index (χ4v) is 1.21. The summed E-state index contributed by atoms with van der Waals surface area (Å²) >= 11 is 0. The van der Waals surface area contributed by atoms with Crippen molar-refractivity contribution in [3.05, 3.63) is 29.3 Å². The van der Waals surface area contributed by atoms with Gasteiger partial charge < -0.3 is 10.5 Å². The Kier molecular flexibility index (Phi) is 3.41. The summed E-state index contributed by atoms with van der Waals surface area (Å²) in [5.74, 6) is -0.312. The maximum atomic E-state index is 12.0. The largest absolute Gasteiger partial charge is 0.483 e. The van der Waals surface area contributed by atoms with Gasteiger partial charge in [0, 0.05) is 0 Å². The number of benzene rings is 1. The number of nitrogens with one attached hydrogen (secondary N) is 1. The third kappa shape index (κ3) is 3.15. The molecule has 0 spiro atoms. The molecule has 1 aromatic carbocycles. The molecular formula is C10H11F3N2O. The number of amidine groups is 1. The van der Waals surface area contributed by atoms with E-state index in [1.165, 1.54) is 6.07 Å². The Labute approximate surface area is 90.5 Å². The van der Waals surface area contributed by atoms with Crippen LogP contribution in [0.5, 0.6) is 5.75 Å². The summed E-state index contributed by atoms with van der Waals surface area (Å²) in [6, 6.07) is 4.64. The van der Waals surface area contributed by atoms with Crippen LogP contribution in [-0.4, -0.2) is 18.6 Å². The quantitative estimate of drug-likeness (QED) is 0.620. The number of halogens is 3. The van der Waals surface area contributed by atoms with Gasteiger partial charge >= 0.3 is 6.18 Å². The van der Waals surface area contributed by atoms with Crippen molar-refractivity contribution in [1.82, 2.24) is 0 Å². The van der Waals surface area contributed by atoms with Crippen LogP contribution in [-0.2, 0) is 0 Å². The second-order valence-electron chi connectivity index (χ2n) is 3.27. The Hall–Kier alpha value is -1.72. The third-order valence-electron chi connectivity index (χ3n) is 1.88. The van der Waals surface area contributed by atoms with Crippen LogP contribution in [0.4, 0.5) is 13.2 Å². The average Bonchev–Trinajstić information content (AvgIpc) is 2.13. The van der Waals surface area contributed by atoms with E-state index in [-0.39, 0.29) is 17.1 Å². The summed E-state index contributed by atoms with van der Waals surface area (Å²) in [6.45, 7) is 0.205. The lowest BCUT2D eigenvalue weighted by molar-refractivity contribution is -0.153. The molecule has 0 saturated carbocycles. The highest BCUT2D eigenvalue weighted by molar-refractivity contribution is 5.98. The highest BCUT2D eigenvalue weighted by atomic mass is 19.4. The Bertz CT molecular complexity index is 402. The van der Waals surface area contributed by atoms with E-state index >= 15 is 0 Å². The van der Waals surface area contributed by atoms with Gasteiger partial charge in [-0.3, -0.25) is 5.41 Å². The molecule has 0 amide bonds. The molecule has 3 nitrogen and oxygen atoms in total. The van der Waals surface area contributed by atoms with E-state index in [1.54, 1.807) is 19.1 Å². The van der Waals surface area contributed by atoms with Crippen molar-refractivity contribution >= 4 is 5.84 Å². The molecule has 0 radical (unpaired) electrons. The molecule has 0 bridgehead atoms. The predicted molar refractivity (Wildman–Crippen MR) is 53.7 cm³/mol. The zero-order valence-electron chi connectivity index (χ0n) is 8.56. The lowest BCUT2D eigenvalue weighted by Crippen LogP contribution is -2.21. The molecule has 1 rings (SSSR count). The Morgan fingerprint density at radius 2 is 2.06 bits per heavy atom. The summed E-state index contributed by atoms with van der Waals surface area (Å²) in [5, 5.41) is 7.22. The number of nitrogens with two attached hydrogens (primary N) is 1. The fraction of sp³-hybridized carbons (Fsp3) is 0.300. The molecule has 0 aromatic heterocycles. The van der Waals surface area contributed by atoms with Gasteiger partial charge in [-0.25, -0.2) is 0 Å². The Morgan fingerprint density at radius 3 is 2.56 bits per heavy atom. The van der Waals surface area contributed by atoms with Gasteiger partial charge in [0.15, 0.2) is 6.61 Å². The number of hydrogen-bond acceptors (Lipinski definition) is 2. The zero-order chi connectivity index (χ0) is 12.3. The number of ether oxygens (including phenoxy) is 1. The first-order valence-corrected chi connectivity index (χ1v) is 4.45. The Balaban J connectivity index is 2.98. The minimum Gasteiger partial charge on any atom is -0.483 e. The van der Waals surface area contributed by atoms with Crippen molar-refractivity contribution < 1.29 is 17.9 Å². The van der Waals surface area contributed by atoms with Crippen molar-refractivity contribution in [2.75, 3.05) is 6.61 Å². The SMILES string of the molecule is Cc1cccc(C(=N)N)c1OCC(F)(F)F. The summed E-state index contributed by atoms with van der Waals surface area (Å²) in [5.41, 5.74) is 5.93. The predicted octanol–water partition coefficient (Wildman–Crippen LogP) is 2.22. The molecule has 1 aromatic rings. The second-order valence-corrected chi connectivity index (χ2v) is 3.27. The van der Waals surface area contributed by atoms with Crippen LogP contribution in [0.3, 0.4) is 0 Å². The van der Waals surface area contributed by atoms with Gasteiger partial charge in [-0.2, -0.15) is 13.2 Å². The first kappa shape index (κ1) is 12.4. The minimum atomic E-state index is -4.41. The van der Waals surface area contributed by atoms with Crippen LogP contribution in [0, 0.1) is 12.3 Å². The second kappa shape index (κ2) is 4.42. The summed E-state index contributed by atoms with van der Waals surface area (Å²) in [6.07, 6.45) is -4.41. The number of alkyl halides is 3. The van der Waals surface area contributed by atoms with Crippen LogP contribution >= 0.6 is 0 Å². The number of aryl methyl sites for hydroxylation is 1. The van der Waals surface area contributed by atoms with E-state index in [0.29, 0.717) is 5.56 Å². The van der Waals surface area contributed by atoms with Crippen molar-refractivity contribution in [3.8, 4) is 5.75 Å². The van der Waals surface area contributed by atoms with Crippen LogP contribution in [0.1, 0.15) is 11.1 Å². The molecule has 88 valence electrons. The number of para-hydroxylation sites is 1. The van der Waals surface area contributed by atoms with E-state index in [9.17, 15) is 13.2 Å². The van der Waals surface area contributed by atoms with E-state index in [0.717, 1.165) is 0 Å². The number of rotatable bonds is 3.